The zero-order chi connectivity index (χ0) is 9.68. The van der Waals surface area contributed by atoms with Crippen molar-refractivity contribution >= 4 is 0 Å². The third kappa shape index (κ3) is 3.28. The molecule has 0 aromatic heterocycles. The van der Waals surface area contributed by atoms with E-state index >= 15 is 0 Å². The van der Waals surface area contributed by atoms with Crippen molar-refractivity contribution < 1.29 is 0 Å². The predicted molar refractivity (Wildman–Crippen MR) is 58.0 cm³/mol. The van der Waals surface area contributed by atoms with Gasteiger partial charge in [0.25, 0.3) is 0 Å². The monoisotopic (exact) mass is 184 g/mol. The van der Waals surface area contributed by atoms with Crippen LogP contribution in [0.2, 0.25) is 0 Å². The van der Waals surface area contributed by atoms with E-state index in [9.17, 15) is 0 Å². The van der Waals surface area contributed by atoms with Crippen LogP contribution in [0, 0.1) is 0 Å². The van der Waals surface area contributed by atoms with Gasteiger partial charge in [0.2, 0.25) is 0 Å². The molecule has 3 unspecified atom stereocenters. The second-order valence-corrected chi connectivity index (χ2v) is 4.20. The van der Waals surface area contributed by atoms with Crippen LogP contribution in [0.5, 0.6) is 0 Å². The molecule has 1 aliphatic heterocycles. The molecule has 0 aliphatic carbocycles. The van der Waals surface area contributed by atoms with Crippen LogP contribution in [0.1, 0.15) is 46.5 Å². The lowest BCUT2D eigenvalue weighted by Crippen LogP contribution is -2.45. The standard InChI is InChI=1S/C11H24N2/c1-4-6-10-7-8-12-11(5-2)9(3)13-10/h9-13H,4-8H2,1-3H3. The summed E-state index contributed by atoms with van der Waals surface area (Å²) >= 11 is 0. The Morgan fingerprint density at radius 1 is 1.31 bits per heavy atom. The normalized spacial score (nSPS) is 35.8. The molecule has 1 fully saturated rings. The molecule has 0 amide bonds. The number of rotatable bonds is 3. The van der Waals surface area contributed by atoms with Crippen molar-refractivity contribution in [1.29, 1.82) is 0 Å². The van der Waals surface area contributed by atoms with Crippen molar-refractivity contribution in [2.45, 2.75) is 64.6 Å². The maximum absolute atomic E-state index is 3.72. The maximum atomic E-state index is 3.72. The SMILES string of the molecule is CCCC1CCNC(CC)C(C)N1. The summed E-state index contributed by atoms with van der Waals surface area (Å²) in [6.07, 6.45) is 5.13. The molecule has 3 atom stereocenters. The summed E-state index contributed by atoms with van der Waals surface area (Å²) in [6.45, 7) is 8.01. The van der Waals surface area contributed by atoms with Crippen molar-refractivity contribution in [2.24, 2.45) is 0 Å². The number of hydrogen-bond acceptors (Lipinski definition) is 2. The van der Waals surface area contributed by atoms with Gasteiger partial charge in [0.05, 0.1) is 0 Å². The molecule has 0 aromatic rings. The molecular weight excluding hydrogens is 160 g/mol. The summed E-state index contributed by atoms with van der Waals surface area (Å²) in [5.41, 5.74) is 0. The lowest BCUT2D eigenvalue weighted by molar-refractivity contribution is 0.382. The van der Waals surface area contributed by atoms with E-state index in [1.165, 1.54) is 32.2 Å². The van der Waals surface area contributed by atoms with Crippen molar-refractivity contribution in [3.8, 4) is 0 Å². The van der Waals surface area contributed by atoms with Crippen molar-refractivity contribution in [3.63, 3.8) is 0 Å². The molecular formula is C11H24N2. The summed E-state index contributed by atoms with van der Waals surface area (Å²) in [5.74, 6) is 0. The average Bonchev–Trinajstić information content (AvgIpc) is 2.28. The molecule has 2 N–H and O–H groups in total. The quantitative estimate of drug-likeness (QED) is 0.700. The largest absolute Gasteiger partial charge is 0.312 e. The van der Waals surface area contributed by atoms with E-state index < -0.39 is 0 Å². The van der Waals surface area contributed by atoms with Crippen LogP contribution in [0.3, 0.4) is 0 Å². The molecule has 1 rings (SSSR count). The minimum absolute atomic E-state index is 0.629. The second kappa shape index (κ2) is 5.61. The van der Waals surface area contributed by atoms with Gasteiger partial charge in [-0.3, -0.25) is 0 Å². The second-order valence-electron chi connectivity index (χ2n) is 4.20. The van der Waals surface area contributed by atoms with Crippen molar-refractivity contribution in [2.75, 3.05) is 6.54 Å². The van der Waals surface area contributed by atoms with Crippen LogP contribution in [-0.2, 0) is 0 Å². The molecule has 0 saturated carbocycles. The Kier molecular flexibility index (Phi) is 4.74. The minimum atomic E-state index is 0.629. The zero-order valence-corrected chi connectivity index (χ0v) is 9.27. The molecule has 13 heavy (non-hydrogen) atoms. The van der Waals surface area contributed by atoms with Crippen LogP contribution in [-0.4, -0.2) is 24.7 Å². The average molecular weight is 184 g/mol. The molecule has 0 bridgehead atoms. The third-order valence-corrected chi connectivity index (χ3v) is 3.08. The van der Waals surface area contributed by atoms with E-state index in [-0.39, 0.29) is 0 Å². The first-order valence-corrected chi connectivity index (χ1v) is 5.77. The lowest BCUT2D eigenvalue weighted by atomic mass is 10.1. The summed E-state index contributed by atoms with van der Waals surface area (Å²) < 4.78 is 0. The maximum Gasteiger partial charge on any atom is 0.0215 e. The Hall–Kier alpha value is -0.0800. The van der Waals surface area contributed by atoms with Crippen molar-refractivity contribution in [1.82, 2.24) is 10.6 Å². The fourth-order valence-corrected chi connectivity index (χ4v) is 2.27. The first-order chi connectivity index (χ1) is 6.27. The van der Waals surface area contributed by atoms with Gasteiger partial charge in [0, 0.05) is 18.1 Å². The van der Waals surface area contributed by atoms with Gasteiger partial charge in [-0.15, -0.1) is 0 Å². The highest BCUT2D eigenvalue weighted by Gasteiger charge is 2.21. The zero-order valence-electron chi connectivity index (χ0n) is 9.27. The fourth-order valence-electron chi connectivity index (χ4n) is 2.27. The number of nitrogens with one attached hydrogen (secondary N) is 2. The van der Waals surface area contributed by atoms with E-state index in [1.807, 2.05) is 0 Å². The van der Waals surface area contributed by atoms with Gasteiger partial charge in [-0.25, -0.2) is 0 Å². The topological polar surface area (TPSA) is 24.1 Å². The highest BCUT2D eigenvalue weighted by atomic mass is 15.1. The molecule has 2 heteroatoms. The van der Waals surface area contributed by atoms with Crippen LogP contribution in [0.25, 0.3) is 0 Å². The molecule has 0 aromatic carbocycles. The Balaban J connectivity index is 2.40. The molecule has 1 aliphatic rings. The first-order valence-electron chi connectivity index (χ1n) is 5.77. The summed E-state index contributed by atoms with van der Waals surface area (Å²) in [4.78, 5) is 0. The van der Waals surface area contributed by atoms with E-state index in [4.69, 9.17) is 0 Å². The van der Waals surface area contributed by atoms with Gasteiger partial charge >= 0.3 is 0 Å². The van der Waals surface area contributed by atoms with Crippen LogP contribution >= 0.6 is 0 Å². The van der Waals surface area contributed by atoms with Gasteiger partial charge in [0.15, 0.2) is 0 Å². The van der Waals surface area contributed by atoms with E-state index in [2.05, 4.69) is 31.4 Å². The summed E-state index contributed by atoms with van der Waals surface area (Å²) in [7, 11) is 0. The summed E-state index contributed by atoms with van der Waals surface area (Å²) in [5, 5.41) is 7.33. The van der Waals surface area contributed by atoms with Crippen LogP contribution in [0.15, 0.2) is 0 Å². The molecule has 0 spiro atoms. The molecule has 1 heterocycles. The van der Waals surface area contributed by atoms with Crippen molar-refractivity contribution in [3.05, 3.63) is 0 Å². The van der Waals surface area contributed by atoms with E-state index in [0.717, 1.165) is 6.04 Å². The highest BCUT2D eigenvalue weighted by Crippen LogP contribution is 2.09. The van der Waals surface area contributed by atoms with E-state index in [1.54, 1.807) is 0 Å². The Bertz CT molecular complexity index is 136. The molecule has 0 radical (unpaired) electrons. The van der Waals surface area contributed by atoms with Gasteiger partial charge < -0.3 is 10.6 Å². The Morgan fingerprint density at radius 2 is 2.08 bits per heavy atom. The predicted octanol–water partition coefficient (Wildman–Crippen LogP) is 1.91. The lowest BCUT2D eigenvalue weighted by Gasteiger charge is -2.24. The van der Waals surface area contributed by atoms with Gasteiger partial charge in [-0.1, -0.05) is 20.3 Å². The van der Waals surface area contributed by atoms with Gasteiger partial charge in [-0.2, -0.15) is 0 Å². The van der Waals surface area contributed by atoms with Crippen LogP contribution < -0.4 is 10.6 Å². The minimum Gasteiger partial charge on any atom is -0.312 e. The molecule has 1 saturated heterocycles. The van der Waals surface area contributed by atoms with Gasteiger partial charge in [-0.05, 0) is 32.7 Å². The Labute approximate surface area is 82.5 Å². The first kappa shape index (κ1) is 11.0. The Morgan fingerprint density at radius 3 is 2.69 bits per heavy atom. The molecule has 78 valence electrons. The van der Waals surface area contributed by atoms with Crippen LogP contribution in [0.4, 0.5) is 0 Å². The third-order valence-electron chi connectivity index (χ3n) is 3.08. The smallest absolute Gasteiger partial charge is 0.0215 e. The summed E-state index contributed by atoms with van der Waals surface area (Å²) in [6, 6.07) is 2.04. The highest BCUT2D eigenvalue weighted by molar-refractivity contribution is 4.85. The fraction of sp³-hybridized carbons (Fsp3) is 1.00. The number of hydrogen-bond donors (Lipinski definition) is 2. The van der Waals surface area contributed by atoms with Gasteiger partial charge in [0.1, 0.15) is 0 Å². The van der Waals surface area contributed by atoms with E-state index in [0.29, 0.717) is 12.1 Å². The molecule has 2 nitrogen and oxygen atoms in total.